The van der Waals surface area contributed by atoms with Crippen LogP contribution in [0.2, 0.25) is 0 Å². The van der Waals surface area contributed by atoms with E-state index >= 15 is 0 Å². The summed E-state index contributed by atoms with van der Waals surface area (Å²) in [5, 5.41) is 0. The fourth-order valence-corrected chi connectivity index (χ4v) is 3.68. The molecule has 3 heteroatoms. The molecule has 0 N–H and O–H groups in total. The molecule has 0 aromatic heterocycles. The summed E-state index contributed by atoms with van der Waals surface area (Å²) in [5.74, 6) is 1.14. The molecule has 1 aliphatic rings. The van der Waals surface area contributed by atoms with Crippen molar-refractivity contribution in [2.75, 3.05) is 5.75 Å². The van der Waals surface area contributed by atoms with Gasteiger partial charge in [0.25, 0.3) is 0 Å². The molecule has 0 aliphatic heterocycles. The lowest BCUT2D eigenvalue weighted by atomic mass is 10.1. The van der Waals surface area contributed by atoms with Crippen LogP contribution in [0, 0.1) is 19.8 Å². The van der Waals surface area contributed by atoms with Crippen LogP contribution in [0.4, 0.5) is 0 Å². The van der Waals surface area contributed by atoms with Crippen molar-refractivity contribution in [2.24, 2.45) is 5.92 Å². The van der Waals surface area contributed by atoms with Crippen molar-refractivity contribution in [3.8, 4) is 0 Å². The van der Waals surface area contributed by atoms with Gasteiger partial charge in [0.05, 0.1) is 10.8 Å². The van der Waals surface area contributed by atoms with Crippen molar-refractivity contribution < 1.29 is 9.00 Å². The molecule has 2 nitrogen and oxygen atoms in total. The Bertz CT molecular complexity index is 479. The molecule has 0 heterocycles. The Morgan fingerprint density at radius 3 is 2.67 bits per heavy atom. The lowest BCUT2D eigenvalue weighted by Crippen LogP contribution is -2.11. The number of ketones is 1. The zero-order chi connectivity index (χ0) is 13.1. The van der Waals surface area contributed by atoms with Gasteiger partial charge in [-0.25, -0.2) is 0 Å². The van der Waals surface area contributed by atoms with Crippen LogP contribution >= 0.6 is 0 Å². The van der Waals surface area contributed by atoms with Crippen LogP contribution in [-0.4, -0.2) is 15.7 Å². The van der Waals surface area contributed by atoms with E-state index in [1.165, 1.54) is 11.1 Å². The maximum Gasteiger partial charge on any atom is 0.136 e. The van der Waals surface area contributed by atoms with Gasteiger partial charge < -0.3 is 0 Å². The lowest BCUT2D eigenvalue weighted by molar-refractivity contribution is -0.120. The van der Waals surface area contributed by atoms with Crippen LogP contribution in [0.5, 0.6) is 0 Å². The third kappa shape index (κ3) is 3.08. The Hall–Kier alpha value is -0.960. The Labute approximate surface area is 111 Å². The van der Waals surface area contributed by atoms with Crippen LogP contribution in [0.15, 0.2) is 23.1 Å². The first kappa shape index (κ1) is 13.5. The van der Waals surface area contributed by atoms with Gasteiger partial charge in [0.2, 0.25) is 0 Å². The molecular formula is C15H20O2S. The summed E-state index contributed by atoms with van der Waals surface area (Å²) in [4.78, 5) is 12.4. The number of carbonyl (C=O) groups excluding carboxylic acids is 1. The predicted octanol–water partition coefficient (Wildman–Crippen LogP) is 3.17. The number of hydrogen-bond donors (Lipinski definition) is 0. The van der Waals surface area contributed by atoms with E-state index in [-0.39, 0.29) is 5.92 Å². The molecular weight excluding hydrogens is 244 g/mol. The summed E-state index contributed by atoms with van der Waals surface area (Å²) < 4.78 is 12.2. The number of aryl methyl sites for hydroxylation is 2. The van der Waals surface area contributed by atoms with Crippen LogP contribution in [-0.2, 0) is 15.6 Å². The zero-order valence-corrected chi connectivity index (χ0v) is 11.9. The van der Waals surface area contributed by atoms with E-state index in [9.17, 15) is 9.00 Å². The first-order valence-electron chi connectivity index (χ1n) is 6.56. The number of benzene rings is 1. The number of hydrogen-bond acceptors (Lipinski definition) is 2. The van der Waals surface area contributed by atoms with E-state index in [2.05, 4.69) is 6.92 Å². The summed E-state index contributed by atoms with van der Waals surface area (Å²) in [6, 6.07) is 5.96. The third-order valence-corrected chi connectivity index (χ3v) is 5.21. The second-order valence-corrected chi connectivity index (χ2v) is 6.71. The van der Waals surface area contributed by atoms with Gasteiger partial charge in [-0.2, -0.15) is 0 Å². The molecule has 0 amide bonds. The van der Waals surface area contributed by atoms with Crippen molar-refractivity contribution in [2.45, 2.75) is 44.4 Å². The van der Waals surface area contributed by atoms with Crippen LogP contribution < -0.4 is 0 Å². The maximum absolute atomic E-state index is 12.2. The minimum absolute atomic E-state index is 0.167. The third-order valence-electron chi connectivity index (χ3n) is 3.82. The van der Waals surface area contributed by atoms with E-state index in [1.54, 1.807) is 0 Å². The second-order valence-electron chi connectivity index (χ2n) is 5.14. The Balaban J connectivity index is 1.95. The van der Waals surface area contributed by atoms with Crippen LogP contribution in [0.25, 0.3) is 0 Å². The Morgan fingerprint density at radius 2 is 2.06 bits per heavy atom. The highest BCUT2D eigenvalue weighted by Gasteiger charge is 2.24. The summed E-state index contributed by atoms with van der Waals surface area (Å²) in [6.45, 7) is 4.09. The van der Waals surface area contributed by atoms with Crippen molar-refractivity contribution in [1.29, 1.82) is 0 Å². The van der Waals surface area contributed by atoms with E-state index in [1.807, 2.05) is 25.1 Å². The molecule has 0 radical (unpaired) electrons. The molecule has 1 aliphatic carbocycles. The summed E-state index contributed by atoms with van der Waals surface area (Å²) in [6.07, 6.45) is 3.50. The van der Waals surface area contributed by atoms with Gasteiger partial charge >= 0.3 is 0 Å². The molecule has 0 saturated heterocycles. The smallest absolute Gasteiger partial charge is 0.136 e. The van der Waals surface area contributed by atoms with E-state index in [4.69, 9.17) is 0 Å². The Morgan fingerprint density at radius 1 is 1.28 bits per heavy atom. The van der Waals surface area contributed by atoms with Gasteiger partial charge in [-0.1, -0.05) is 6.07 Å². The SMILES string of the molecule is Cc1ccc(S(=O)CCC2CCCC2=O)cc1C. The summed E-state index contributed by atoms with van der Waals surface area (Å²) in [5.41, 5.74) is 2.40. The van der Waals surface area contributed by atoms with Crippen molar-refractivity contribution in [1.82, 2.24) is 0 Å². The molecule has 98 valence electrons. The number of carbonyl (C=O) groups is 1. The molecule has 1 saturated carbocycles. The lowest BCUT2D eigenvalue weighted by Gasteiger charge is -2.08. The van der Waals surface area contributed by atoms with E-state index in [0.717, 1.165) is 30.6 Å². The molecule has 1 aromatic carbocycles. The van der Waals surface area contributed by atoms with E-state index in [0.29, 0.717) is 11.5 Å². The zero-order valence-electron chi connectivity index (χ0n) is 11.1. The van der Waals surface area contributed by atoms with Crippen LogP contribution in [0.1, 0.15) is 36.8 Å². The molecule has 2 atom stereocenters. The van der Waals surface area contributed by atoms with Crippen molar-refractivity contribution >= 4 is 16.6 Å². The van der Waals surface area contributed by atoms with Gasteiger partial charge in [-0.05, 0) is 56.4 Å². The molecule has 2 rings (SSSR count). The highest BCUT2D eigenvalue weighted by atomic mass is 32.2. The van der Waals surface area contributed by atoms with Gasteiger partial charge in [0.1, 0.15) is 5.78 Å². The fraction of sp³-hybridized carbons (Fsp3) is 0.533. The summed E-state index contributed by atoms with van der Waals surface area (Å²) >= 11 is 0. The molecule has 1 aromatic rings. The van der Waals surface area contributed by atoms with Gasteiger partial charge in [0.15, 0.2) is 0 Å². The topological polar surface area (TPSA) is 34.1 Å². The second kappa shape index (κ2) is 5.79. The van der Waals surface area contributed by atoms with Crippen molar-refractivity contribution in [3.05, 3.63) is 29.3 Å². The first-order valence-corrected chi connectivity index (χ1v) is 7.88. The average molecular weight is 264 g/mol. The standard InChI is InChI=1S/C15H20O2S/c1-11-6-7-14(10-12(11)2)18(17)9-8-13-4-3-5-15(13)16/h6-7,10,13H,3-5,8-9H2,1-2H3. The van der Waals surface area contributed by atoms with Crippen molar-refractivity contribution in [3.63, 3.8) is 0 Å². The average Bonchev–Trinajstić information content (AvgIpc) is 2.75. The molecule has 0 bridgehead atoms. The molecule has 18 heavy (non-hydrogen) atoms. The molecule has 0 spiro atoms. The van der Waals surface area contributed by atoms with Gasteiger partial charge in [-0.15, -0.1) is 0 Å². The summed E-state index contributed by atoms with van der Waals surface area (Å²) in [7, 11) is -0.965. The highest BCUT2D eigenvalue weighted by molar-refractivity contribution is 7.85. The highest BCUT2D eigenvalue weighted by Crippen LogP contribution is 2.25. The quantitative estimate of drug-likeness (QED) is 0.837. The normalized spacial score (nSPS) is 21.2. The monoisotopic (exact) mass is 264 g/mol. The van der Waals surface area contributed by atoms with Crippen LogP contribution in [0.3, 0.4) is 0 Å². The maximum atomic E-state index is 12.2. The molecule has 2 unspecified atom stereocenters. The fourth-order valence-electron chi connectivity index (χ4n) is 2.42. The minimum atomic E-state index is -0.965. The largest absolute Gasteiger partial charge is 0.299 e. The first-order chi connectivity index (χ1) is 8.58. The number of rotatable bonds is 4. The predicted molar refractivity (Wildman–Crippen MR) is 74.2 cm³/mol. The minimum Gasteiger partial charge on any atom is -0.299 e. The Kier molecular flexibility index (Phi) is 4.33. The molecule has 1 fully saturated rings. The van der Waals surface area contributed by atoms with E-state index < -0.39 is 10.8 Å². The number of Topliss-reactive ketones (excluding diaryl/α,β-unsaturated/α-hetero) is 1. The van der Waals surface area contributed by atoms with Gasteiger partial charge in [0, 0.05) is 23.0 Å². The van der Waals surface area contributed by atoms with Gasteiger partial charge in [-0.3, -0.25) is 9.00 Å².